The van der Waals surface area contributed by atoms with Gasteiger partial charge in [-0.1, -0.05) is 30.3 Å². The van der Waals surface area contributed by atoms with Gasteiger partial charge in [-0.3, -0.25) is 9.78 Å². The number of rotatable bonds is 5. The van der Waals surface area contributed by atoms with Crippen molar-refractivity contribution in [2.45, 2.75) is 0 Å². The summed E-state index contributed by atoms with van der Waals surface area (Å²) in [4.78, 5) is 28.2. The summed E-state index contributed by atoms with van der Waals surface area (Å²) in [5, 5.41) is 4.32. The Hall–Kier alpha value is -4.19. The topological polar surface area (TPSA) is 77.5 Å². The maximum atomic E-state index is 12.5. The van der Waals surface area contributed by atoms with Crippen LogP contribution in [0.4, 0.5) is 0 Å². The van der Waals surface area contributed by atoms with E-state index in [-0.39, 0.29) is 11.6 Å². The van der Waals surface area contributed by atoms with Crippen molar-refractivity contribution >= 4 is 22.6 Å². The first-order valence-electron chi connectivity index (χ1n) is 9.29. The molecule has 0 radical (unpaired) electrons. The maximum Gasteiger partial charge on any atom is 0.343 e. The van der Waals surface area contributed by atoms with Crippen LogP contribution in [0.1, 0.15) is 20.8 Å². The van der Waals surface area contributed by atoms with E-state index in [9.17, 15) is 9.59 Å². The second kappa shape index (κ2) is 8.45. The van der Waals surface area contributed by atoms with Crippen molar-refractivity contribution in [2.24, 2.45) is 0 Å². The molecule has 0 atom stereocenters. The summed E-state index contributed by atoms with van der Waals surface area (Å²) in [6, 6.07) is 23.1. The molecule has 148 valence electrons. The van der Waals surface area contributed by atoms with E-state index in [1.54, 1.807) is 55.6 Å². The van der Waals surface area contributed by atoms with E-state index < -0.39 is 5.97 Å². The highest BCUT2D eigenvalue weighted by Crippen LogP contribution is 2.27. The monoisotopic (exact) mass is 398 g/mol. The molecular weight excluding hydrogens is 380 g/mol. The molecule has 0 fully saturated rings. The third-order valence-electron chi connectivity index (χ3n) is 4.43. The first-order valence-corrected chi connectivity index (χ1v) is 9.29. The van der Waals surface area contributed by atoms with E-state index in [1.807, 2.05) is 30.3 Å². The van der Waals surface area contributed by atoms with Crippen LogP contribution in [0.15, 0.2) is 85.1 Å². The standard InChI is InChI=1S/C24H18N2O4/c1-25-23(27)22-15-21(11-12-26-22)29-20-10-9-16-7-8-17(13-18(16)14-20)24(28)30-19-5-3-2-4-6-19/h2-15H,1H3,(H,25,27). The van der Waals surface area contributed by atoms with Gasteiger partial charge in [0, 0.05) is 19.3 Å². The number of carbonyl (C=O) groups is 2. The van der Waals surface area contributed by atoms with Gasteiger partial charge in [-0.05, 0) is 53.2 Å². The second-order valence-corrected chi connectivity index (χ2v) is 6.48. The van der Waals surface area contributed by atoms with Gasteiger partial charge in [-0.2, -0.15) is 0 Å². The predicted molar refractivity (Wildman–Crippen MR) is 113 cm³/mol. The number of hydrogen-bond acceptors (Lipinski definition) is 5. The molecule has 6 heteroatoms. The smallest absolute Gasteiger partial charge is 0.343 e. The van der Waals surface area contributed by atoms with Crippen LogP contribution >= 0.6 is 0 Å². The Morgan fingerprint density at radius 3 is 2.37 bits per heavy atom. The lowest BCUT2D eigenvalue weighted by atomic mass is 10.1. The zero-order valence-electron chi connectivity index (χ0n) is 16.2. The molecule has 0 unspecified atom stereocenters. The van der Waals surface area contributed by atoms with Crippen LogP contribution in [0.3, 0.4) is 0 Å². The number of ether oxygens (including phenoxy) is 2. The minimum Gasteiger partial charge on any atom is -0.457 e. The van der Waals surface area contributed by atoms with E-state index >= 15 is 0 Å². The Kier molecular flexibility index (Phi) is 5.39. The van der Waals surface area contributed by atoms with Gasteiger partial charge >= 0.3 is 5.97 Å². The van der Waals surface area contributed by atoms with Gasteiger partial charge in [0.25, 0.3) is 5.91 Å². The number of carbonyl (C=O) groups excluding carboxylic acids is 2. The molecule has 6 nitrogen and oxygen atoms in total. The largest absolute Gasteiger partial charge is 0.457 e. The number of nitrogens with zero attached hydrogens (tertiary/aromatic N) is 1. The van der Waals surface area contributed by atoms with Crippen LogP contribution in [0.5, 0.6) is 17.2 Å². The van der Waals surface area contributed by atoms with Crippen molar-refractivity contribution in [1.29, 1.82) is 0 Å². The van der Waals surface area contributed by atoms with Crippen LogP contribution in [0.2, 0.25) is 0 Å². The van der Waals surface area contributed by atoms with Gasteiger partial charge in [-0.15, -0.1) is 0 Å². The Labute approximate surface area is 173 Å². The molecule has 0 aliphatic carbocycles. The van der Waals surface area contributed by atoms with Crippen molar-refractivity contribution in [2.75, 3.05) is 7.05 Å². The highest BCUT2D eigenvalue weighted by atomic mass is 16.5. The highest BCUT2D eigenvalue weighted by molar-refractivity contribution is 5.96. The summed E-state index contributed by atoms with van der Waals surface area (Å²) < 4.78 is 11.3. The maximum absolute atomic E-state index is 12.5. The average molecular weight is 398 g/mol. The normalized spacial score (nSPS) is 10.4. The number of aromatic nitrogens is 1. The number of esters is 1. The molecule has 1 heterocycles. The summed E-state index contributed by atoms with van der Waals surface area (Å²) in [6.45, 7) is 0. The Bertz CT molecular complexity index is 1220. The summed E-state index contributed by atoms with van der Waals surface area (Å²) >= 11 is 0. The van der Waals surface area contributed by atoms with Crippen LogP contribution in [-0.4, -0.2) is 23.9 Å². The van der Waals surface area contributed by atoms with Crippen molar-refractivity contribution in [1.82, 2.24) is 10.3 Å². The van der Waals surface area contributed by atoms with E-state index in [4.69, 9.17) is 9.47 Å². The molecule has 4 aromatic rings. The van der Waals surface area contributed by atoms with E-state index in [0.717, 1.165) is 10.8 Å². The van der Waals surface area contributed by atoms with E-state index in [1.165, 1.54) is 6.20 Å². The van der Waals surface area contributed by atoms with Crippen molar-refractivity contribution in [3.8, 4) is 17.2 Å². The summed E-state index contributed by atoms with van der Waals surface area (Å²) in [5.74, 6) is 0.830. The molecule has 1 aromatic heterocycles. The van der Waals surface area contributed by atoms with Crippen LogP contribution in [0.25, 0.3) is 10.8 Å². The average Bonchev–Trinajstić information content (AvgIpc) is 2.79. The molecule has 30 heavy (non-hydrogen) atoms. The first-order chi connectivity index (χ1) is 14.6. The van der Waals surface area contributed by atoms with E-state index in [0.29, 0.717) is 22.8 Å². The molecule has 0 spiro atoms. The summed E-state index contributed by atoms with van der Waals surface area (Å²) in [5.41, 5.74) is 0.705. The minimum atomic E-state index is -0.432. The lowest BCUT2D eigenvalue weighted by Gasteiger charge is -2.09. The number of nitrogens with one attached hydrogen (secondary N) is 1. The van der Waals surface area contributed by atoms with Crippen molar-refractivity contribution < 1.29 is 19.1 Å². The molecule has 1 N–H and O–H groups in total. The Balaban J connectivity index is 1.57. The zero-order valence-corrected chi connectivity index (χ0v) is 16.2. The summed E-state index contributed by atoms with van der Waals surface area (Å²) in [6.07, 6.45) is 1.51. The second-order valence-electron chi connectivity index (χ2n) is 6.48. The molecule has 0 aliphatic rings. The zero-order chi connectivity index (χ0) is 20.9. The first kappa shape index (κ1) is 19.1. The number of pyridine rings is 1. The van der Waals surface area contributed by atoms with Gasteiger partial charge in [0.1, 0.15) is 22.9 Å². The highest BCUT2D eigenvalue weighted by Gasteiger charge is 2.11. The van der Waals surface area contributed by atoms with Gasteiger partial charge in [0.15, 0.2) is 0 Å². The fourth-order valence-electron chi connectivity index (χ4n) is 2.93. The lowest BCUT2D eigenvalue weighted by Crippen LogP contribution is -2.18. The molecule has 0 bridgehead atoms. The SMILES string of the molecule is CNC(=O)c1cc(Oc2ccc3ccc(C(=O)Oc4ccccc4)cc3c2)ccn1. The molecule has 0 saturated heterocycles. The van der Waals surface area contributed by atoms with E-state index in [2.05, 4.69) is 10.3 Å². The van der Waals surface area contributed by atoms with Gasteiger partial charge in [-0.25, -0.2) is 4.79 Å². The van der Waals surface area contributed by atoms with Crippen molar-refractivity contribution in [3.63, 3.8) is 0 Å². The Morgan fingerprint density at radius 1 is 0.800 bits per heavy atom. The lowest BCUT2D eigenvalue weighted by molar-refractivity contribution is 0.0734. The van der Waals surface area contributed by atoms with Gasteiger partial charge < -0.3 is 14.8 Å². The number of hydrogen-bond donors (Lipinski definition) is 1. The van der Waals surface area contributed by atoms with Crippen LogP contribution in [0, 0.1) is 0 Å². The number of amides is 1. The van der Waals surface area contributed by atoms with Gasteiger partial charge in [0.2, 0.25) is 0 Å². The van der Waals surface area contributed by atoms with Crippen molar-refractivity contribution in [3.05, 3.63) is 96.3 Å². The molecule has 0 aliphatic heterocycles. The number of benzene rings is 3. The van der Waals surface area contributed by atoms with Gasteiger partial charge in [0.05, 0.1) is 5.56 Å². The third-order valence-corrected chi connectivity index (χ3v) is 4.43. The minimum absolute atomic E-state index is 0.265. The molecule has 0 saturated carbocycles. The molecule has 1 amide bonds. The fourth-order valence-corrected chi connectivity index (χ4v) is 2.93. The quantitative estimate of drug-likeness (QED) is 0.392. The Morgan fingerprint density at radius 2 is 1.57 bits per heavy atom. The number of fused-ring (bicyclic) bond motifs is 1. The molecular formula is C24H18N2O4. The molecule has 3 aromatic carbocycles. The van der Waals surface area contributed by atoms with Crippen LogP contribution in [-0.2, 0) is 0 Å². The summed E-state index contributed by atoms with van der Waals surface area (Å²) in [7, 11) is 1.54. The fraction of sp³-hybridized carbons (Fsp3) is 0.0417. The number of para-hydroxylation sites is 1. The third kappa shape index (κ3) is 4.28. The van der Waals surface area contributed by atoms with Crippen LogP contribution < -0.4 is 14.8 Å². The predicted octanol–water partition coefficient (Wildman–Crippen LogP) is 4.61. The molecule has 4 rings (SSSR count).